The van der Waals surface area contributed by atoms with Gasteiger partial charge in [0.2, 0.25) is 23.1 Å². The second kappa shape index (κ2) is 4.74. The molecule has 0 atom stereocenters. The Kier molecular flexibility index (Phi) is 3.62. The van der Waals surface area contributed by atoms with Crippen LogP contribution in [0.15, 0.2) is 0 Å². The van der Waals surface area contributed by atoms with Gasteiger partial charge in [0.05, 0.1) is 0 Å². The van der Waals surface area contributed by atoms with E-state index in [9.17, 15) is 4.79 Å². The SMILES string of the molecule is CC(=O)NNc1nc(Cl)nc(N(C)C)n1. The van der Waals surface area contributed by atoms with E-state index in [0.717, 1.165) is 0 Å². The Morgan fingerprint density at radius 2 is 2.00 bits per heavy atom. The molecule has 0 saturated carbocycles. The molecule has 0 aromatic carbocycles. The molecule has 1 aromatic rings. The predicted octanol–water partition coefficient (Wildman–Crippen LogP) is 0.0540. The van der Waals surface area contributed by atoms with E-state index >= 15 is 0 Å². The molecule has 2 N–H and O–H groups in total. The summed E-state index contributed by atoms with van der Waals surface area (Å²) in [5.41, 5.74) is 4.84. The molecule has 1 heterocycles. The largest absolute Gasteiger partial charge is 0.347 e. The van der Waals surface area contributed by atoms with Gasteiger partial charge in [-0.1, -0.05) is 0 Å². The lowest BCUT2D eigenvalue weighted by Gasteiger charge is -2.11. The third-order valence-electron chi connectivity index (χ3n) is 1.35. The van der Waals surface area contributed by atoms with Crippen molar-refractivity contribution in [2.24, 2.45) is 0 Å². The van der Waals surface area contributed by atoms with E-state index in [1.54, 1.807) is 19.0 Å². The van der Waals surface area contributed by atoms with Crippen LogP contribution >= 0.6 is 11.6 Å². The maximum Gasteiger partial charge on any atom is 0.247 e. The number of amides is 1. The number of hydrazine groups is 1. The Bertz CT molecular complexity index is 368. The zero-order valence-electron chi connectivity index (χ0n) is 8.58. The van der Waals surface area contributed by atoms with E-state index in [0.29, 0.717) is 5.95 Å². The minimum Gasteiger partial charge on any atom is -0.347 e. The smallest absolute Gasteiger partial charge is 0.247 e. The first kappa shape index (κ1) is 11.4. The lowest BCUT2D eigenvalue weighted by atomic mass is 10.7. The summed E-state index contributed by atoms with van der Waals surface area (Å²) in [6, 6.07) is 0. The van der Waals surface area contributed by atoms with Gasteiger partial charge in [0, 0.05) is 21.0 Å². The molecular formula is C7H11ClN6O. The van der Waals surface area contributed by atoms with Crippen LogP contribution in [0.5, 0.6) is 0 Å². The van der Waals surface area contributed by atoms with Crippen molar-refractivity contribution in [3.63, 3.8) is 0 Å². The monoisotopic (exact) mass is 230 g/mol. The summed E-state index contributed by atoms with van der Waals surface area (Å²) >= 11 is 5.67. The van der Waals surface area contributed by atoms with Crippen molar-refractivity contribution in [2.75, 3.05) is 24.4 Å². The highest BCUT2D eigenvalue weighted by molar-refractivity contribution is 6.28. The molecule has 0 aliphatic carbocycles. The van der Waals surface area contributed by atoms with E-state index in [-0.39, 0.29) is 17.1 Å². The number of rotatable bonds is 3. The molecule has 0 aliphatic rings. The molecule has 1 amide bonds. The second-order valence-corrected chi connectivity index (χ2v) is 3.27. The number of hydrogen-bond donors (Lipinski definition) is 2. The quantitative estimate of drug-likeness (QED) is 0.715. The number of nitrogens with one attached hydrogen (secondary N) is 2. The first-order valence-corrected chi connectivity index (χ1v) is 4.48. The highest BCUT2D eigenvalue weighted by Gasteiger charge is 2.06. The third kappa shape index (κ3) is 3.55. The van der Waals surface area contributed by atoms with Crippen LogP contribution in [-0.2, 0) is 4.79 Å². The molecule has 1 aromatic heterocycles. The van der Waals surface area contributed by atoms with Crippen LogP contribution in [0, 0.1) is 0 Å². The average Bonchev–Trinajstić information content (AvgIpc) is 2.13. The normalized spacial score (nSPS) is 9.60. The van der Waals surface area contributed by atoms with Crippen LogP contribution in [0.2, 0.25) is 5.28 Å². The van der Waals surface area contributed by atoms with Gasteiger partial charge < -0.3 is 4.90 Å². The zero-order chi connectivity index (χ0) is 11.4. The summed E-state index contributed by atoms with van der Waals surface area (Å²) in [5, 5.41) is 0.0570. The number of carbonyl (C=O) groups excluding carboxylic acids is 1. The van der Waals surface area contributed by atoms with Crippen LogP contribution in [0.1, 0.15) is 6.92 Å². The van der Waals surface area contributed by atoms with Crippen molar-refractivity contribution >= 4 is 29.4 Å². The first-order chi connectivity index (χ1) is 6.99. The number of aromatic nitrogens is 3. The van der Waals surface area contributed by atoms with Crippen LogP contribution in [0.25, 0.3) is 0 Å². The summed E-state index contributed by atoms with van der Waals surface area (Å²) in [6.45, 7) is 1.36. The summed E-state index contributed by atoms with van der Waals surface area (Å²) < 4.78 is 0. The van der Waals surface area contributed by atoms with E-state index in [1.807, 2.05) is 0 Å². The maximum atomic E-state index is 10.6. The molecular weight excluding hydrogens is 220 g/mol. The molecule has 0 radical (unpaired) electrons. The summed E-state index contributed by atoms with van der Waals surface area (Å²) in [4.78, 5) is 24.0. The van der Waals surface area contributed by atoms with Gasteiger partial charge in [0.1, 0.15) is 0 Å². The molecule has 7 nitrogen and oxygen atoms in total. The molecule has 8 heteroatoms. The fourth-order valence-corrected chi connectivity index (χ4v) is 0.895. The molecule has 82 valence electrons. The summed E-state index contributed by atoms with van der Waals surface area (Å²) in [6.07, 6.45) is 0. The van der Waals surface area contributed by atoms with Gasteiger partial charge in [0.25, 0.3) is 0 Å². The number of halogens is 1. The third-order valence-corrected chi connectivity index (χ3v) is 1.52. The minimum atomic E-state index is -0.252. The highest BCUT2D eigenvalue weighted by atomic mass is 35.5. The molecule has 0 spiro atoms. The Balaban J connectivity index is 2.84. The molecule has 0 bridgehead atoms. The van der Waals surface area contributed by atoms with E-state index < -0.39 is 0 Å². The average molecular weight is 231 g/mol. The van der Waals surface area contributed by atoms with Crippen molar-refractivity contribution in [3.05, 3.63) is 5.28 Å². The predicted molar refractivity (Wildman–Crippen MR) is 56.6 cm³/mol. The number of carbonyl (C=O) groups is 1. The van der Waals surface area contributed by atoms with Crippen molar-refractivity contribution in [2.45, 2.75) is 6.92 Å². The van der Waals surface area contributed by atoms with Crippen LogP contribution < -0.4 is 15.8 Å². The van der Waals surface area contributed by atoms with Crippen molar-refractivity contribution in [1.82, 2.24) is 20.4 Å². The molecule has 0 aliphatic heterocycles. The lowest BCUT2D eigenvalue weighted by molar-refractivity contribution is -0.118. The van der Waals surface area contributed by atoms with E-state index in [4.69, 9.17) is 11.6 Å². The summed E-state index contributed by atoms with van der Waals surface area (Å²) in [7, 11) is 3.54. The van der Waals surface area contributed by atoms with E-state index in [2.05, 4.69) is 25.8 Å². The van der Waals surface area contributed by atoms with E-state index in [1.165, 1.54) is 6.92 Å². The molecule has 0 unspecified atom stereocenters. The van der Waals surface area contributed by atoms with Gasteiger partial charge in [-0.2, -0.15) is 15.0 Å². The van der Waals surface area contributed by atoms with Gasteiger partial charge in [-0.3, -0.25) is 15.6 Å². The maximum absolute atomic E-state index is 10.6. The van der Waals surface area contributed by atoms with Gasteiger partial charge >= 0.3 is 0 Å². The topological polar surface area (TPSA) is 83.0 Å². The van der Waals surface area contributed by atoms with Crippen molar-refractivity contribution in [1.29, 1.82) is 0 Å². The fraction of sp³-hybridized carbons (Fsp3) is 0.429. The van der Waals surface area contributed by atoms with Gasteiger partial charge in [-0.25, -0.2) is 0 Å². The van der Waals surface area contributed by atoms with Gasteiger partial charge in [-0.15, -0.1) is 0 Å². The number of anilines is 2. The Labute approximate surface area is 91.8 Å². The molecule has 15 heavy (non-hydrogen) atoms. The summed E-state index contributed by atoms with van der Waals surface area (Å²) in [5.74, 6) is 0.342. The Hall–Kier alpha value is -1.63. The Morgan fingerprint density at radius 3 is 2.53 bits per heavy atom. The van der Waals surface area contributed by atoms with Crippen LogP contribution in [0.3, 0.4) is 0 Å². The Morgan fingerprint density at radius 1 is 1.33 bits per heavy atom. The number of hydrogen-bond acceptors (Lipinski definition) is 6. The highest BCUT2D eigenvalue weighted by Crippen LogP contribution is 2.10. The lowest BCUT2D eigenvalue weighted by Crippen LogP contribution is -2.28. The standard InChI is InChI=1S/C7H11ClN6O/c1-4(15)12-13-6-9-5(8)10-7(11-6)14(2)3/h1-3H3,(H,12,15)(H,9,10,11,13). The van der Waals surface area contributed by atoms with Crippen molar-refractivity contribution < 1.29 is 4.79 Å². The minimum absolute atomic E-state index is 0.0570. The van der Waals surface area contributed by atoms with Gasteiger partial charge in [0.15, 0.2) is 0 Å². The number of nitrogens with zero attached hydrogens (tertiary/aromatic N) is 4. The van der Waals surface area contributed by atoms with Crippen molar-refractivity contribution in [3.8, 4) is 0 Å². The van der Waals surface area contributed by atoms with Crippen LogP contribution in [-0.4, -0.2) is 35.0 Å². The zero-order valence-corrected chi connectivity index (χ0v) is 9.33. The molecule has 0 saturated heterocycles. The van der Waals surface area contributed by atoms with Gasteiger partial charge in [-0.05, 0) is 11.6 Å². The molecule has 0 fully saturated rings. The second-order valence-electron chi connectivity index (χ2n) is 2.93. The fourth-order valence-electron chi connectivity index (χ4n) is 0.739. The van der Waals surface area contributed by atoms with Crippen LogP contribution in [0.4, 0.5) is 11.9 Å². The molecule has 1 rings (SSSR count). The first-order valence-electron chi connectivity index (χ1n) is 4.10.